The van der Waals surface area contributed by atoms with Crippen molar-refractivity contribution in [1.82, 2.24) is 9.97 Å². The molecule has 0 saturated carbocycles. The molecule has 1 N–H and O–H groups in total. The molecule has 1 heterocycles. The van der Waals surface area contributed by atoms with E-state index in [-0.39, 0.29) is 17.5 Å². The van der Waals surface area contributed by atoms with Gasteiger partial charge in [-0.2, -0.15) is 4.98 Å². The lowest BCUT2D eigenvalue weighted by molar-refractivity contribution is -0.386. The molecule has 0 fully saturated rings. The second-order valence-electron chi connectivity index (χ2n) is 4.21. The van der Waals surface area contributed by atoms with E-state index in [1.807, 2.05) is 19.9 Å². The molecule has 8 heteroatoms. The summed E-state index contributed by atoms with van der Waals surface area (Å²) in [6.45, 7) is 4.31. The van der Waals surface area contributed by atoms with Crippen LogP contribution < -0.4 is 10.1 Å². The molecule has 0 radical (unpaired) electrons. The Morgan fingerprint density at radius 2 is 2.24 bits per heavy atom. The minimum Gasteiger partial charge on any atom is -0.432 e. The summed E-state index contributed by atoms with van der Waals surface area (Å²) in [6.07, 6.45) is 1.10. The number of halogens is 1. The standard InChI is InChI=1S/C13H13ClN4O3/c1-3-15-13-16-7-10(18(19)20)12(17-13)21-11-6-8(2)4-5-9(11)14/h4-7H,3H2,1-2H3,(H,15,16,17). The zero-order valence-electron chi connectivity index (χ0n) is 11.5. The highest BCUT2D eigenvalue weighted by atomic mass is 35.5. The Labute approximate surface area is 126 Å². The predicted molar refractivity (Wildman–Crippen MR) is 79.1 cm³/mol. The minimum absolute atomic E-state index is 0.154. The molecule has 0 amide bonds. The number of nitro groups is 1. The van der Waals surface area contributed by atoms with Gasteiger partial charge in [-0.05, 0) is 31.5 Å². The van der Waals surface area contributed by atoms with Crippen LogP contribution in [0.1, 0.15) is 12.5 Å². The number of rotatable bonds is 5. The summed E-state index contributed by atoms with van der Waals surface area (Å²) in [6, 6.07) is 5.15. The van der Waals surface area contributed by atoms with Gasteiger partial charge in [0.05, 0.1) is 9.95 Å². The lowest BCUT2D eigenvalue weighted by Gasteiger charge is -2.09. The SMILES string of the molecule is CCNc1ncc([N+](=O)[O-])c(Oc2cc(C)ccc2Cl)n1. The number of aryl methyl sites for hydroxylation is 1. The molecule has 7 nitrogen and oxygen atoms in total. The van der Waals surface area contributed by atoms with Crippen molar-refractivity contribution in [3.63, 3.8) is 0 Å². The Balaban J connectivity index is 2.43. The summed E-state index contributed by atoms with van der Waals surface area (Å²) in [4.78, 5) is 18.3. The molecule has 0 unspecified atom stereocenters. The van der Waals surface area contributed by atoms with Crippen LogP contribution in [0.25, 0.3) is 0 Å². The number of benzene rings is 1. The normalized spacial score (nSPS) is 10.2. The van der Waals surface area contributed by atoms with Gasteiger partial charge in [0, 0.05) is 6.54 Å². The van der Waals surface area contributed by atoms with Crippen LogP contribution in [-0.2, 0) is 0 Å². The molecule has 0 spiro atoms. The molecule has 0 aliphatic rings. The average Bonchev–Trinajstić information content (AvgIpc) is 2.43. The molecule has 0 aliphatic carbocycles. The molecule has 0 aliphatic heterocycles. The van der Waals surface area contributed by atoms with Crippen molar-refractivity contribution in [3.05, 3.63) is 45.1 Å². The molecule has 1 aromatic carbocycles. The Bertz CT molecular complexity index is 678. The Morgan fingerprint density at radius 1 is 1.48 bits per heavy atom. The molecule has 0 saturated heterocycles. The van der Waals surface area contributed by atoms with Gasteiger partial charge in [0.15, 0.2) is 0 Å². The van der Waals surface area contributed by atoms with Crippen LogP contribution in [0.15, 0.2) is 24.4 Å². The number of hydrogen-bond donors (Lipinski definition) is 1. The average molecular weight is 309 g/mol. The summed E-state index contributed by atoms with van der Waals surface area (Å²) < 4.78 is 5.50. The quantitative estimate of drug-likeness (QED) is 0.670. The van der Waals surface area contributed by atoms with Gasteiger partial charge >= 0.3 is 11.6 Å². The van der Waals surface area contributed by atoms with Crippen molar-refractivity contribution in [3.8, 4) is 11.6 Å². The third kappa shape index (κ3) is 3.57. The van der Waals surface area contributed by atoms with E-state index in [1.165, 1.54) is 0 Å². The van der Waals surface area contributed by atoms with Crippen LogP contribution in [0.5, 0.6) is 11.6 Å². The van der Waals surface area contributed by atoms with E-state index in [2.05, 4.69) is 15.3 Å². The first-order valence-electron chi connectivity index (χ1n) is 6.20. The van der Waals surface area contributed by atoms with Gasteiger partial charge < -0.3 is 10.1 Å². The largest absolute Gasteiger partial charge is 0.432 e. The van der Waals surface area contributed by atoms with Crippen LogP contribution in [-0.4, -0.2) is 21.4 Å². The van der Waals surface area contributed by atoms with Gasteiger partial charge in [0.1, 0.15) is 11.9 Å². The number of nitrogens with zero attached hydrogens (tertiary/aromatic N) is 3. The lowest BCUT2D eigenvalue weighted by atomic mass is 10.2. The van der Waals surface area contributed by atoms with Crippen molar-refractivity contribution in [2.75, 3.05) is 11.9 Å². The third-order valence-corrected chi connectivity index (χ3v) is 2.87. The van der Waals surface area contributed by atoms with Gasteiger partial charge in [-0.15, -0.1) is 0 Å². The summed E-state index contributed by atoms with van der Waals surface area (Å²) in [7, 11) is 0. The highest BCUT2D eigenvalue weighted by Gasteiger charge is 2.20. The number of nitrogens with one attached hydrogen (secondary N) is 1. The molecule has 21 heavy (non-hydrogen) atoms. The van der Waals surface area contributed by atoms with Crippen LogP contribution in [0.4, 0.5) is 11.6 Å². The number of anilines is 1. The van der Waals surface area contributed by atoms with E-state index in [9.17, 15) is 10.1 Å². The lowest BCUT2D eigenvalue weighted by Crippen LogP contribution is -2.05. The number of ether oxygens (including phenoxy) is 1. The fourth-order valence-electron chi connectivity index (χ4n) is 1.60. The van der Waals surface area contributed by atoms with Gasteiger partial charge in [-0.25, -0.2) is 4.98 Å². The maximum atomic E-state index is 11.0. The topological polar surface area (TPSA) is 90.2 Å². The van der Waals surface area contributed by atoms with Crippen LogP contribution in [0.3, 0.4) is 0 Å². The van der Waals surface area contributed by atoms with Gasteiger partial charge in [-0.3, -0.25) is 10.1 Å². The van der Waals surface area contributed by atoms with Crippen molar-refractivity contribution in [2.45, 2.75) is 13.8 Å². The smallest absolute Gasteiger partial charge is 0.349 e. The third-order valence-electron chi connectivity index (χ3n) is 2.56. The Kier molecular flexibility index (Phi) is 4.54. The minimum atomic E-state index is -0.602. The zero-order valence-corrected chi connectivity index (χ0v) is 12.2. The number of aromatic nitrogens is 2. The fourth-order valence-corrected chi connectivity index (χ4v) is 1.75. The Hall–Kier alpha value is -2.41. The van der Waals surface area contributed by atoms with E-state index in [0.29, 0.717) is 17.3 Å². The van der Waals surface area contributed by atoms with Crippen molar-refractivity contribution < 1.29 is 9.66 Å². The van der Waals surface area contributed by atoms with Crippen LogP contribution in [0.2, 0.25) is 5.02 Å². The molecular formula is C13H13ClN4O3. The molecular weight excluding hydrogens is 296 g/mol. The molecule has 110 valence electrons. The molecule has 2 aromatic rings. The highest BCUT2D eigenvalue weighted by Crippen LogP contribution is 2.34. The molecule has 0 bridgehead atoms. The first kappa shape index (κ1) is 15.0. The summed E-state index contributed by atoms with van der Waals surface area (Å²) in [5.74, 6) is 0.404. The summed E-state index contributed by atoms with van der Waals surface area (Å²) >= 11 is 6.03. The first-order valence-corrected chi connectivity index (χ1v) is 6.58. The molecule has 1 aromatic heterocycles. The predicted octanol–water partition coefficient (Wildman–Crippen LogP) is 3.57. The monoisotopic (exact) mass is 308 g/mol. The second-order valence-corrected chi connectivity index (χ2v) is 4.61. The number of hydrogen-bond acceptors (Lipinski definition) is 6. The van der Waals surface area contributed by atoms with E-state index >= 15 is 0 Å². The van der Waals surface area contributed by atoms with Crippen LogP contribution in [0, 0.1) is 17.0 Å². The van der Waals surface area contributed by atoms with Crippen molar-refractivity contribution in [2.24, 2.45) is 0 Å². The highest BCUT2D eigenvalue weighted by molar-refractivity contribution is 6.32. The van der Waals surface area contributed by atoms with E-state index in [1.54, 1.807) is 12.1 Å². The van der Waals surface area contributed by atoms with Crippen molar-refractivity contribution >= 4 is 23.2 Å². The fraction of sp³-hybridized carbons (Fsp3) is 0.231. The molecule has 2 rings (SSSR count). The van der Waals surface area contributed by atoms with E-state index in [0.717, 1.165) is 11.8 Å². The Morgan fingerprint density at radius 3 is 2.90 bits per heavy atom. The first-order chi connectivity index (χ1) is 10.0. The summed E-state index contributed by atoms with van der Waals surface area (Å²) in [5.41, 5.74) is 0.590. The van der Waals surface area contributed by atoms with Gasteiger partial charge in [0.25, 0.3) is 0 Å². The maximum Gasteiger partial charge on any atom is 0.349 e. The maximum absolute atomic E-state index is 11.0. The van der Waals surface area contributed by atoms with Crippen LogP contribution >= 0.6 is 11.6 Å². The van der Waals surface area contributed by atoms with Crippen molar-refractivity contribution in [1.29, 1.82) is 0 Å². The van der Waals surface area contributed by atoms with Gasteiger partial charge in [0.2, 0.25) is 5.95 Å². The van der Waals surface area contributed by atoms with E-state index < -0.39 is 4.92 Å². The second kappa shape index (κ2) is 6.36. The van der Waals surface area contributed by atoms with E-state index in [4.69, 9.17) is 16.3 Å². The van der Waals surface area contributed by atoms with Gasteiger partial charge in [-0.1, -0.05) is 17.7 Å². The zero-order chi connectivity index (χ0) is 15.4. The molecule has 0 atom stereocenters. The summed E-state index contributed by atoms with van der Waals surface area (Å²) in [5, 5.41) is 14.2.